The van der Waals surface area contributed by atoms with Crippen molar-refractivity contribution < 1.29 is 17.5 Å². The Morgan fingerprint density at radius 1 is 1.07 bits per heavy atom. The zero-order valence-corrected chi connectivity index (χ0v) is 8.82. The van der Waals surface area contributed by atoms with Crippen LogP contribution in [0.3, 0.4) is 0 Å². The molecule has 0 saturated carbocycles. The summed E-state index contributed by atoms with van der Waals surface area (Å²) in [6.07, 6.45) is 0. The van der Waals surface area contributed by atoms with Crippen molar-refractivity contribution in [3.63, 3.8) is 0 Å². The molecule has 8 heteroatoms. The van der Waals surface area contributed by atoms with Crippen LogP contribution in [-0.2, 0) is 10.4 Å². The Morgan fingerprint density at radius 2 is 1.33 bits per heavy atom. The molecule has 0 aliphatic heterocycles. The Bertz CT molecular complexity index is 413. The highest BCUT2D eigenvalue weighted by atomic mass is 32.3. The molecule has 0 atom stereocenters. The summed E-state index contributed by atoms with van der Waals surface area (Å²) in [5.41, 5.74) is 19.4. The molecule has 0 aliphatic rings. The van der Waals surface area contributed by atoms with E-state index < -0.39 is 10.4 Å². The summed E-state index contributed by atoms with van der Waals surface area (Å²) in [6.45, 7) is 1.87. The molecule has 0 heterocycles. The Kier molecular flexibility index (Phi) is 4.34. The maximum absolute atomic E-state index is 8.74. The molecule has 0 aliphatic carbocycles. The summed E-state index contributed by atoms with van der Waals surface area (Å²) in [5.74, 6) is 0. The van der Waals surface area contributed by atoms with Crippen molar-refractivity contribution >= 4 is 27.5 Å². The highest BCUT2D eigenvalue weighted by Crippen LogP contribution is 2.21. The van der Waals surface area contributed by atoms with Crippen LogP contribution in [0.1, 0.15) is 5.56 Å². The van der Waals surface area contributed by atoms with Gasteiger partial charge in [0.05, 0.1) is 0 Å². The topological polar surface area (TPSA) is 153 Å². The third kappa shape index (κ3) is 6.55. The number of hydrogen-bond donors (Lipinski definition) is 5. The summed E-state index contributed by atoms with van der Waals surface area (Å²) in [4.78, 5) is 0. The van der Waals surface area contributed by atoms with Crippen molar-refractivity contribution in [3.05, 3.63) is 17.7 Å². The van der Waals surface area contributed by atoms with Crippen molar-refractivity contribution in [3.8, 4) is 0 Å². The SMILES string of the molecule is Cc1c(N)cc(N)cc1N.O=S(=O)(O)O. The molecule has 15 heavy (non-hydrogen) atoms. The van der Waals surface area contributed by atoms with E-state index in [1.807, 2.05) is 6.92 Å². The first-order chi connectivity index (χ1) is 6.61. The standard InChI is InChI=1S/C7H11N3.H2O4S/c1-4-6(9)2-5(8)3-7(4)10;1-5(2,3)4/h2-3H,8-10H2,1H3;(H2,1,2,3,4). The van der Waals surface area contributed by atoms with Crippen LogP contribution in [-0.4, -0.2) is 17.5 Å². The average Bonchev–Trinajstić information content (AvgIpc) is 1.96. The lowest BCUT2D eigenvalue weighted by Crippen LogP contribution is -1.98. The van der Waals surface area contributed by atoms with E-state index in [2.05, 4.69) is 0 Å². The minimum Gasteiger partial charge on any atom is -0.399 e. The molecular weight excluding hydrogens is 222 g/mol. The van der Waals surface area contributed by atoms with Crippen LogP contribution < -0.4 is 17.2 Å². The number of anilines is 3. The van der Waals surface area contributed by atoms with Gasteiger partial charge in [0.15, 0.2) is 0 Å². The van der Waals surface area contributed by atoms with Crippen LogP contribution in [0, 0.1) is 6.92 Å². The largest absolute Gasteiger partial charge is 0.399 e. The van der Waals surface area contributed by atoms with Gasteiger partial charge in [-0.05, 0) is 24.6 Å². The molecule has 0 bridgehead atoms. The van der Waals surface area contributed by atoms with E-state index >= 15 is 0 Å². The molecule has 86 valence electrons. The Balaban J connectivity index is 0.000000336. The van der Waals surface area contributed by atoms with E-state index in [-0.39, 0.29) is 0 Å². The van der Waals surface area contributed by atoms with Gasteiger partial charge in [-0.1, -0.05) is 0 Å². The summed E-state index contributed by atoms with van der Waals surface area (Å²) >= 11 is 0. The number of rotatable bonds is 0. The second-order valence-electron chi connectivity index (χ2n) is 2.77. The quantitative estimate of drug-likeness (QED) is 0.315. The molecule has 1 aromatic rings. The molecule has 0 spiro atoms. The molecule has 0 radical (unpaired) electrons. The molecular formula is C7H13N3O4S. The molecule has 0 saturated heterocycles. The zero-order chi connectivity index (χ0) is 12.2. The van der Waals surface area contributed by atoms with Crippen LogP contribution in [0.4, 0.5) is 17.1 Å². The lowest BCUT2D eigenvalue weighted by atomic mass is 10.1. The van der Waals surface area contributed by atoms with Gasteiger partial charge in [-0.15, -0.1) is 0 Å². The smallest absolute Gasteiger partial charge is 0.394 e. The van der Waals surface area contributed by atoms with Gasteiger partial charge in [0.2, 0.25) is 0 Å². The fourth-order valence-corrected chi connectivity index (χ4v) is 0.784. The van der Waals surface area contributed by atoms with E-state index in [4.69, 9.17) is 34.7 Å². The predicted molar refractivity (Wildman–Crippen MR) is 58.6 cm³/mol. The minimum absolute atomic E-state index is 0.612. The summed E-state index contributed by atoms with van der Waals surface area (Å²) in [5, 5.41) is 0. The van der Waals surface area contributed by atoms with Gasteiger partial charge in [0, 0.05) is 17.1 Å². The molecule has 0 fully saturated rings. The van der Waals surface area contributed by atoms with Gasteiger partial charge in [-0.25, -0.2) is 0 Å². The molecule has 0 unspecified atom stereocenters. The second-order valence-corrected chi connectivity index (χ2v) is 3.67. The number of nitrogen functional groups attached to an aromatic ring is 3. The van der Waals surface area contributed by atoms with Crippen molar-refractivity contribution in [2.24, 2.45) is 0 Å². The highest BCUT2D eigenvalue weighted by Gasteiger charge is 1.97. The molecule has 1 rings (SSSR count). The van der Waals surface area contributed by atoms with E-state index in [0.29, 0.717) is 17.1 Å². The van der Waals surface area contributed by atoms with Gasteiger partial charge >= 0.3 is 10.4 Å². The maximum Gasteiger partial charge on any atom is 0.394 e. The maximum atomic E-state index is 8.74. The summed E-state index contributed by atoms with van der Waals surface area (Å²) in [7, 11) is -4.67. The first-order valence-electron chi connectivity index (χ1n) is 3.72. The molecule has 1 aromatic carbocycles. The zero-order valence-electron chi connectivity index (χ0n) is 8.01. The Hall–Kier alpha value is -1.51. The van der Waals surface area contributed by atoms with Crippen LogP contribution in [0.15, 0.2) is 12.1 Å². The molecule has 0 aromatic heterocycles. The normalized spacial score (nSPS) is 10.3. The monoisotopic (exact) mass is 235 g/mol. The van der Waals surface area contributed by atoms with Gasteiger partial charge in [-0.3, -0.25) is 9.11 Å². The molecule has 8 N–H and O–H groups in total. The van der Waals surface area contributed by atoms with Gasteiger partial charge in [-0.2, -0.15) is 8.42 Å². The predicted octanol–water partition coefficient (Wildman–Crippen LogP) is 0.0888. The van der Waals surface area contributed by atoms with E-state index in [9.17, 15) is 0 Å². The minimum atomic E-state index is -4.67. The number of hydrogen-bond acceptors (Lipinski definition) is 5. The lowest BCUT2D eigenvalue weighted by Gasteiger charge is -2.04. The highest BCUT2D eigenvalue weighted by molar-refractivity contribution is 7.79. The van der Waals surface area contributed by atoms with Crippen LogP contribution in [0.2, 0.25) is 0 Å². The number of benzene rings is 1. The Labute approximate surface area is 87.5 Å². The fourth-order valence-electron chi connectivity index (χ4n) is 0.784. The summed E-state index contributed by atoms with van der Waals surface area (Å²) in [6, 6.07) is 3.40. The van der Waals surface area contributed by atoms with E-state index in [1.54, 1.807) is 12.1 Å². The van der Waals surface area contributed by atoms with Crippen molar-refractivity contribution in [2.45, 2.75) is 6.92 Å². The third-order valence-electron chi connectivity index (χ3n) is 1.51. The van der Waals surface area contributed by atoms with Crippen LogP contribution in [0.5, 0.6) is 0 Å². The fraction of sp³-hybridized carbons (Fsp3) is 0.143. The second kappa shape index (κ2) is 4.82. The van der Waals surface area contributed by atoms with E-state index in [0.717, 1.165) is 5.56 Å². The Morgan fingerprint density at radius 3 is 1.60 bits per heavy atom. The van der Waals surface area contributed by atoms with Crippen LogP contribution in [0.25, 0.3) is 0 Å². The third-order valence-corrected chi connectivity index (χ3v) is 1.51. The van der Waals surface area contributed by atoms with Gasteiger partial charge < -0.3 is 17.2 Å². The summed E-state index contributed by atoms with van der Waals surface area (Å²) < 4.78 is 31.6. The van der Waals surface area contributed by atoms with Crippen molar-refractivity contribution in [1.82, 2.24) is 0 Å². The average molecular weight is 235 g/mol. The van der Waals surface area contributed by atoms with Crippen molar-refractivity contribution in [1.29, 1.82) is 0 Å². The van der Waals surface area contributed by atoms with Crippen molar-refractivity contribution in [2.75, 3.05) is 17.2 Å². The van der Waals surface area contributed by atoms with E-state index in [1.165, 1.54) is 0 Å². The lowest BCUT2D eigenvalue weighted by molar-refractivity contribution is 0.381. The van der Waals surface area contributed by atoms with Crippen LogP contribution >= 0.6 is 0 Å². The molecule has 7 nitrogen and oxygen atoms in total. The first-order valence-corrected chi connectivity index (χ1v) is 5.12. The van der Waals surface area contributed by atoms with Gasteiger partial charge in [0.25, 0.3) is 0 Å². The first kappa shape index (κ1) is 13.5. The molecule has 0 amide bonds. The van der Waals surface area contributed by atoms with Gasteiger partial charge in [0.1, 0.15) is 0 Å². The number of nitrogens with two attached hydrogens (primary N) is 3.